The third kappa shape index (κ3) is 11.4. The molecule has 0 nitrogen and oxygen atoms in total. The summed E-state index contributed by atoms with van der Waals surface area (Å²) in [6, 6.07) is 40.7. The number of halogens is 2. The second kappa shape index (κ2) is 22.7. The van der Waals surface area contributed by atoms with Gasteiger partial charge in [0.15, 0.2) is 0 Å². The molecule has 4 heteroatoms. The fourth-order valence-corrected chi connectivity index (χ4v) is 6.57. The van der Waals surface area contributed by atoms with E-state index in [1.165, 1.54) is 91.7 Å². The van der Waals surface area contributed by atoms with E-state index in [1.54, 1.807) is 0 Å². The van der Waals surface area contributed by atoms with Crippen molar-refractivity contribution in [1.29, 1.82) is 0 Å². The molecule has 0 saturated heterocycles. The van der Waals surface area contributed by atoms with Gasteiger partial charge in [-0.2, -0.15) is 12.1 Å². The molecule has 50 heavy (non-hydrogen) atoms. The zero-order valence-electron chi connectivity index (χ0n) is 31.5. The summed E-state index contributed by atoms with van der Waals surface area (Å²) in [6.07, 6.45) is 7.05. The molecule has 0 aliphatic rings. The molecule has 2 unspecified atom stereocenters. The SMILES string of the molecule is CCCc1ccccc1-c1cccc2[cH-]c(C(C)CC)cc12.CCCc1ccccc1-c1cccc2[cH-]c(C(C)CC)cc12.C[Si]C.[Cl][Zr+2][Cl]. The Hall–Kier alpha value is -2.22. The van der Waals surface area contributed by atoms with Crippen LogP contribution in [0.15, 0.2) is 109 Å². The van der Waals surface area contributed by atoms with Crippen LogP contribution in [0.2, 0.25) is 13.1 Å². The first-order valence-corrected chi connectivity index (χ1v) is 26.7. The number of hydrogen-bond acceptors (Lipinski definition) is 0. The van der Waals surface area contributed by atoms with E-state index in [0.29, 0.717) is 11.8 Å². The Morgan fingerprint density at radius 3 is 1.24 bits per heavy atom. The van der Waals surface area contributed by atoms with Gasteiger partial charge < -0.3 is 0 Å². The number of hydrogen-bond donors (Lipinski definition) is 0. The molecule has 0 aliphatic carbocycles. The third-order valence-electron chi connectivity index (χ3n) is 9.56. The Labute approximate surface area is 325 Å². The molecule has 0 fully saturated rings. The summed E-state index contributed by atoms with van der Waals surface area (Å²) < 4.78 is 0. The first kappa shape index (κ1) is 42.2. The van der Waals surface area contributed by atoms with Gasteiger partial charge in [0.2, 0.25) is 0 Å². The molecule has 0 amide bonds. The van der Waals surface area contributed by atoms with Crippen LogP contribution in [0.25, 0.3) is 43.8 Å². The van der Waals surface area contributed by atoms with E-state index in [1.807, 2.05) is 0 Å². The summed E-state index contributed by atoms with van der Waals surface area (Å²) in [7, 11) is 11.0. The zero-order valence-corrected chi connectivity index (χ0v) is 36.5. The topological polar surface area (TPSA) is 0 Å². The summed E-state index contributed by atoms with van der Waals surface area (Å²) in [5, 5.41) is 5.56. The van der Waals surface area contributed by atoms with Crippen molar-refractivity contribution in [1.82, 2.24) is 0 Å². The molecule has 0 heterocycles. The van der Waals surface area contributed by atoms with Crippen LogP contribution in [-0.4, -0.2) is 9.52 Å². The van der Waals surface area contributed by atoms with Crippen LogP contribution in [0.3, 0.4) is 0 Å². The Kier molecular flexibility index (Phi) is 19.1. The summed E-state index contributed by atoms with van der Waals surface area (Å²) in [5.41, 5.74) is 11.4. The van der Waals surface area contributed by atoms with Gasteiger partial charge in [0.25, 0.3) is 0 Å². The zero-order chi connectivity index (χ0) is 36.5. The number of aryl methyl sites for hydroxylation is 2. The summed E-state index contributed by atoms with van der Waals surface area (Å²) in [5.74, 6) is 1.26. The second-order valence-electron chi connectivity index (χ2n) is 13.2. The van der Waals surface area contributed by atoms with Crippen molar-refractivity contribution in [2.45, 2.75) is 105 Å². The standard InChI is InChI=1S/2C22H25.C2H6Si.2ClH.Zr/c2*1-4-9-17-10-6-7-12-20(17)21-13-8-11-18-14-19(15-22(18)21)16(3)5-2;1-3-2;;;/h2*6-8,10-16H,4-5,9H2,1-3H3;1-2H3;2*1H;/q2*-1;;;;+4/p-2. The molecule has 6 rings (SSSR count). The molecule has 262 valence electrons. The monoisotopic (exact) mass is 796 g/mol. The molecule has 0 spiro atoms. The van der Waals surface area contributed by atoms with Crippen LogP contribution in [-0.2, 0) is 33.7 Å². The molecule has 0 aromatic heterocycles. The quantitative estimate of drug-likeness (QED) is 0.0956. The fourth-order valence-electron chi connectivity index (χ4n) is 6.57. The molecule has 0 saturated carbocycles. The summed E-state index contributed by atoms with van der Waals surface area (Å²) in [6.45, 7) is 18.0. The van der Waals surface area contributed by atoms with Crippen LogP contribution >= 0.6 is 17.0 Å². The van der Waals surface area contributed by atoms with Crippen molar-refractivity contribution in [3.63, 3.8) is 0 Å². The second-order valence-corrected chi connectivity index (χ2v) is 17.9. The molecule has 6 aromatic rings. The molecule has 0 N–H and O–H groups in total. The van der Waals surface area contributed by atoms with E-state index in [0.717, 1.165) is 22.4 Å². The molecule has 0 aliphatic heterocycles. The maximum atomic E-state index is 4.93. The molecule has 0 bridgehead atoms. The van der Waals surface area contributed by atoms with Gasteiger partial charge in [0, 0.05) is 9.52 Å². The van der Waals surface area contributed by atoms with Gasteiger partial charge in [-0.05, 0) is 46.9 Å². The molecule has 6 aromatic carbocycles. The Bertz CT molecular complexity index is 1710. The molecule has 2 radical (unpaired) electrons. The number of rotatable bonds is 10. The van der Waals surface area contributed by atoms with Gasteiger partial charge in [-0.15, -0.1) is 69.1 Å². The van der Waals surface area contributed by atoms with Gasteiger partial charge in [-0.1, -0.05) is 152 Å². The number of benzene rings is 4. The van der Waals surface area contributed by atoms with Crippen molar-refractivity contribution in [3.8, 4) is 22.3 Å². The van der Waals surface area contributed by atoms with Crippen LogP contribution in [0.1, 0.15) is 101 Å². The van der Waals surface area contributed by atoms with Gasteiger partial charge in [0.05, 0.1) is 0 Å². The van der Waals surface area contributed by atoms with Crippen molar-refractivity contribution >= 4 is 48.1 Å². The molecule has 2 atom stereocenters. The first-order valence-electron chi connectivity index (χ1n) is 18.4. The van der Waals surface area contributed by atoms with Gasteiger partial charge in [-0.25, -0.2) is 0 Å². The van der Waals surface area contributed by atoms with E-state index in [2.05, 4.69) is 164 Å². The van der Waals surface area contributed by atoms with E-state index < -0.39 is 20.8 Å². The summed E-state index contributed by atoms with van der Waals surface area (Å²) in [4.78, 5) is 0. The predicted molar refractivity (Wildman–Crippen MR) is 225 cm³/mol. The normalized spacial score (nSPS) is 11.7. The van der Waals surface area contributed by atoms with E-state index in [9.17, 15) is 0 Å². The van der Waals surface area contributed by atoms with Crippen LogP contribution in [0.4, 0.5) is 0 Å². The Morgan fingerprint density at radius 1 is 0.560 bits per heavy atom. The van der Waals surface area contributed by atoms with E-state index in [-0.39, 0.29) is 0 Å². The molecular weight excluding hydrogens is 743 g/mol. The Balaban J connectivity index is 0.000000234. The Morgan fingerprint density at radius 2 is 0.900 bits per heavy atom. The fraction of sp³-hybridized carbons (Fsp3) is 0.348. The average Bonchev–Trinajstić information content (AvgIpc) is 3.78. The van der Waals surface area contributed by atoms with Crippen molar-refractivity contribution in [3.05, 3.63) is 131 Å². The van der Waals surface area contributed by atoms with Gasteiger partial charge >= 0.3 is 37.9 Å². The third-order valence-corrected chi connectivity index (χ3v) is 9.56. The van der Waals surface area contributed by atoms with Crippen molar-refractivity contribution < 1.29 is 20.8 Å². The van der Waals surface area contributed by atoms with Crippen LogP contribution < -0.4 is 0 Å². The van der Waals surface area contributed by atoms with Crippen molar-refractivity contribution in [2.75, 3.05) is 0 Å². The van der Waals surface area contributed by atoms with Crippen LogP contribution in [0.5, 0.6) is 0 Å². The van der Waals surface area contributed by atoms with Gasteiger partial charge in [0.1, 0.15) is 0 Å². The van der Waals surface area contributed by atoms with Gasteiger partial charge in [-0.3, -0.25) is 0 Å². The maximum absolute atomic E-state index is 4.93. The minimum absolute atomic E-state index is 0.631. The van der Waals surface area contributed by atoms with Crippen LogP contribution in [0, 0.1) is 0 Å². The minimum atomic E-state index is -0.826. The first-order chi connectivity index (χ1) is 24.3. The average molecular weight is 799 g/mol. The van der Waals surface area contributed by atoms with E-state index >= 15 is 0 Å². The summed E-state index contributed by atoms with van der Waals surface area (Å²) >= 11 is -0.826. The molecular formula is C46H56Cl2SiZr. The predicted octanol–water partition coefficient (Wildman–Crippen LogP) is 15.5. The van der Waals surface area contributed by atoms with E-state index in [4.69, 9.17) is 17.0 Å². The van der Waals surface area contributed by atoms with Crippen molar-refractivity contribution in [2.24, 2.45) is 0 Å². The number of fused-ring (bicyclic) bond motifs is 2.